The minimum Gasteiger partial charge on any atom is -0.497 e. The van der Waals surface area contributed by atoms with E-state index in [1.54, 1.807) is 6.07 Å². The number of fused-ring (bicyclic) bond motifs is 1. The van der Waals surface area contributed by atoms with Crippen LogP contribution in [-0.2, 0) is 12.7 Å². The van der Waals surface area contributed by atoms with Crippen LogP contribution >= 0.6 is 11.8 Å². The fourth-order valence-electron chi connectivity index (χ4n) is 3.76. The SMILES string of the molecule is COc1ccc(C(N)SC(=N)Cn2cnc3c(C(N)=O)c(-c4ccccc4F)nc-3c2)c(C(F)(F)F)c1. The lowest BCUT2D eigenvalue weighted by Gasteiger charge is -2.19. The maximum Gasteiger partial charge on any atom is 0.416 e. The molecule has 2 aliphatic rings. The quantitative estimate of drug-likeness (QED) is 0.137. The Hall–Kier alpha value is -3.97. The summed E-state index contributed by atoms with van der Waals surface area (Å²) in [5, 5.41) is 7.04. The van der Waals surface area contributed by atoms with Crippen LogP contribution < -0.4 is 16.2 Å². The number of nitrogens with one attached hydrogen (secondary N) is 1. The summed E-state index contributed by atoms with van der Waals surface area (Å²) >= 11 is 0.736. The third kappa shape index (κ3) is 5.42. The number of thioether (sulfide) groups is 1. The van der Waals surface area contributed by atoms with Gasteiger partial charge in [0.25, 0.3) is 5.91 Å². The van der Waals surface area contributed by atoms with Crippen molar-refractivity contribution in [3.63, 3.8) is 0 Å². The van der Waals surface area contributed by atoms with E-state index in [0.29, 0.717) is 0 Å². The number of carbonyl (C=O) groups is 1. The van der Waals surface area contributed by atoms with Gasteiger partial charge in [-0.05, 0) is 29.8 Å². The van der Waals surface area contributed by atoms with Gasteiger partial charge in [0.05, 0.1) is 47.2 Å². The van der Waals surface area contributed by atoms with Crippen LogP contribution in [0.5, 0.6) is 5.75 Å². The summed E-state index contributed by atoms with van der Waals surface area (Å²) in [5.74, 6) is -1.39. The predicted octanol–water partition coefficient (Wildman–Crippen LogP) is 4.68. The van der Waals surface area contributed by atoms with Crippen LogP contribution in [0.2, 0.25) is 0 Å². The molecule has 0 aliphatic carbocycles. The first kappa shape index (κ1) is 26.1. The molecule has 1 atom stereocenters. The van der Waals surface area contributed by atoms with Crippen LogP contribution in [0.15, 0.2) is 55.0 Å². The Kier molecular flexibility index (Phi) is 7.18. The van der Waals surface area contributed by atoms with Gasteiger partial charge in [-0.2, -0.15) is 13.2 Å². The van der Waals surface area contributed by atoms with Gasteiger partial charge in [-0.3, -0.25) is 10.2 Å². The third-order valence-corrected chi connectivity index (χ3v) is 6.34. The highest BCUT2D eigenvalue weighted by molar-refractivity contribution is 8.13. The first-order valence-corrected chi connectivity index (χ1v) is 11.5. The van der Waals surface area contributed by atoms with E-state index < -0.39 is 28.8 Å². The molecular weight excluding hydrogens is 512 g/mol. The molecule has 2 aliphatic heterocycles. The molecule has 192 valence electrons. The Balaban J connectivity index is 1.59. The summed E-state index contributed by atoms with van der Waals surface area (Å²) < 4.78 is 61.3. The molecule has 2 aromatic carbocycles. The van der Waals surface area contributed by atoms with Crippen molar-refractivity contribution in [2.24, 2.45) is 11.5 Å². The van der Waals surface area contributed by atoms with Crippen LogP contribution in [0.4, 0.5) is 17.6 Å². The zero-order chi connectivity index (χ0) is 26.9. The normalized spacial score (nSPS) is 12.5. The topological polar surface area (TPSA) is 133 Å². The molecular formula is C24H20F4N6O2S. The van der Waals surface area contributed by atoms with Crippen molar-refractivity contribution in [2.75, 3.05) is 7.11 Å². The summed E-state index contributed by atoms with van der Waals surface area (Å²) in [6, 6.07) is 9.21. The molecule has 1 amide bonds. The van der Waals surface area contributed by atoms with Crippen LogP contribution in [-0.4, -0.2) is 32.6 Å². The molecule has 0 aromatic heterocycles. The van der Waals surface area contributed by atoms with Crippen LogP contribution in [0, 0.1) is 11.2 Å². The number of amides is 1. The van der Waals surface area contributed by atoms with Crippen molar-refractivity contribution >= 4 is 22.7 Å². The van der Waals surface area contributed by atoms with E-state index in [1.165, 1.54) is 54.5 Å². The Labute approximate surface area is 212 Å². The molecule has 2 aromatic rings. The number of alkyl halides is 3. The monoisotopic (exact) mass is 532 g/mol. The molecule has 4 rings (SSSR count). The number of aromatic nitrogens is 3. The van der Waals surface area contributed by atoms with Gasteiger partial charge < -0.3 is 20.8 Å². The van der Waals surface area contributed by atoms with Gasteiger partial charge in [-0.25, -0.2) is 14.4 Å². The second kappa shape index (κ2) is 10.2. The zero-order valence-electron chi connectivity index (χ0n) is 19.2. The summed E-state index contributed by atoms with van der Waals surface area (Å²) in [5.41, 5.74) is 10.9. The van der Waals surface area contributed by atoms with Gasteiger partial charge in [0, 0.05) is 11.8 Å². The second-order valence-electron chi connectivity index (χ2n) is 7.87. The summed E-state index contributed by atoms with van der Waals surface area (Å²) in [7, 11) is 1.26. The van der Waals surface area contributed by atoms with Crippen molar-refractivity contribution in [1.82, 2.24) is 14.5 Å². The molecule has 1 unspecified atom stereocenters. The highest BCUT2D eigenvalue weighted by Gasteiger charge is 2.35. The molecule has 8 nitrogen and oxygen atoms in total. The Morgan fingerprint density at radius 1 is 1.22 bits per heavy atom. The first-order valence-electron chi connectivity index (χ1n) is 10.6. The van der Waals surface area contributed by atoms with Crippen molar-refractivity contribution in [3.8, 4) is 28.4 Å². The maximum atomic E-state index is 14.4. The number of nitrogens with zero attached hydrogens (tertiary/aromatic N) is 3. The number of rotatable bonds is 7. The van der Waals surface area contributed by atoms with Crippen molar-refractivity contribution in [1.29, 1.82) is 5.41 Å². The van der Waals surface area contributed by atoms with Gasteiger partial charge >= 0.3 is 6.18 Å². The number of halogens is 4. The highest BCUT2D eigenvalue weighted by Crippen LogP contribution is 2.39. The summed E-state index contributed by atoms with van der Waals surface area (Å²) in [6.45, 7) is -0.0907. The fourth-order valence-corrected chi connectivity index (χ4v) is 4.62. The number of ether oxygens (including phenoxy) is 1. The van der Waals surface area contributed by atoms with Gasteiger partial charge in [0.1, 0.15) is 23.0 Å². The largest absolute Gasteiger partial charge is 0.497 e. The van der Waals surface area contributed by atoms with Crippen molar-refractivity contribution in [3.05, 3.63) is 77.5 Å². The van der Waals surface area contributed by atoms with E-state index >= 15 is 0 Å². The van der Waals surface area contributed by atoms with Crippen molar-refractivity contribution < 1.29 is 27.1 Å². The Bertz CT molecular complexity index is 1460. The second-order valence-corrected chi connectivity index (χ2v) is 9.11. The van der Waals surface area contributed by atoms with Gasteiger partial charge in [-0.15, -0.1) is 0 Å². The lowest BCUT2D eigenvalue weighted by atomic mass is 10.1. The molecule has 0 saturated carbocycles. The zero-order valence-corrected chi connectivity index (χ0v) is 20.0. The molecule has 0 spiro atoms. The van der Waals surface area contributed by atoms with E-state index in [0.717, 1.165) is 17.8 Å². The van der Waals surface area contributed by atoms with Crippen molar-refractivity contribution in [2.45, 2.75) is 18.1 Å². The highest BCUT2D eigenvalue weighted by atomic mass is 32.2. The third-order valence-electron chi connectivity index (χ3n) is 5.41. The molecule has 37 heavy (non-hydrogen) atoms. The van der Waals surface area contributed by atoms with Crippen LogP contribution in [0.3, 0.4) is 0 Å². The average molecular weight is 533 g/mol. The number of hydrogen-bond donors (Lipinski definition) is 3. The molecule has 0 radical (unpaired) electrons. The lowest BCUT2D eigenvalue weighted by Crippen LogP contribution is -2.18. The first-order chi connectivity index (χ1) is 17.5. The number of benzene rings is 2. The average Bonchev–Trinajstić information content (AvgIpc) is 3.22. The van der Waals surface area contributed by atoms with Gasteiger partial charge in [0.15, 0.2) is 0 Å². The fraction of sp³-hybridized carbons (Fsp3) is 0.167. The molecule has 0 fully saturated rings. The van der Waals surface area contributed by atoms with E-state index in [1.807, 2.05) is 0 Å². The van der Waals surface area contributed by atoms with E-state index in [4.69, 9.17) is 21.6 Å². The van der Waals surface area contributed by atoms with E-state index in [9.17, 15) is 22.4 Å². The van der Waals surface area contributed by atoms with E-state index in [-0.39, 0.29) is 51.1 Å². The number of primary amides is 1. The Morgan fingerprint density at radius 3 is 2.59 bits per heavy atom. The number of methoxy groups -OCH3 is 1. The molecule has 0 saturated heterocycles. The van der Waals surface area contributed by atoms with Gasteiger partial charge in [0.2, 0.25) is 0 Å². The number of hydrogen-bond acceptors (Lipinski definition) is 7. The maximum absolute atomic E-state index is 14.4. The summed E-state index contributed by atoms with van der Waals surface area (Å²) in [4.78, 5) is 20.7. The molecule has 5 N–H and O–H groups in total. The van der Waals surface area contributed by atoms with Crippen LogP contribution in [0.25, 0.3) is 22.6 Å². The predicted molar refractivity (Wildman–Crippen MR) is 131 cm³/mol. The standard InChI is InChI=1S/C24H20F4N6O2S/c1-36-12-6-7-13(15(8-12)24(26,27)28)23(31)37-18(29)10-34-9-17-21(32-11-34)19(22(30)35)20(33-17)14-4-2-3-5-16(14)25/h2-9,11,23,29H,10,31H2,1H3,(H2,30,35). The Morgan fingerprint density at radius 2 is 1.95 bits per heavy atom. The van der Waals surface area contributed by atoms with Crippen LogP contribution in [0.1, 0.15) is 26.9 Å². The minimum absolute atomic E-state index is 0.0329. The van der Waals surface area contributed by atoms with E-state index in [2.05, 4.69) is 9.97 Å². The minimum atomic E-state index is -4.66. The molecule has 0 bridgehead atoms. The molecule has 2 heterocycles. The van der Waals surface area contributed by atoms with Gasteiger partial charge in [-0.1, -0.05) is 30.0 Å². The molecule has 13 heteroatoms. The number of nitrogens with two attached hydrogens (primary N) is 2. The summed E-state index contributed by atoms with van der Waals surface area (Å²) in [6.07, 6.45) is -1.86. The number of carbonyl (C=O) groups excluding carboxylic acids is 1. The lowest BCUT2D eigenvalue weighted by molar-refractivity contribution is -0.138. The smallest absolute Gasteiger partial charge is 0.416 e.